The number of hydrogen-bond donors (Lipinski definition) is 2. The Morgan fingerprint density at radius 3 is 2.71 bits per heavy atom. The highest BCUT2D eigenvalue weighted by Gasteiger charge is 2.40. The Morgan fingerprint density at radius 2 is 1.91 bits per heavy atom. The first-order valence-corrected chi connectivity index (χ1v) is 11.7. The Hall–Kier alpha value is -3.42. The number of ether oxygens (including phenoxy) is 1. The van der Waals surface area contributed by atoms with Crippen LogP contribution in [0.1, 0.15) is 24.0 Å². The SMILES string of the molecule is O=C([C@H]1Cc2cc(Cl)cc(-c3ccnc4[nH]ccc34)c2O1)N1CCC(O)(c2ccncc2)CC1. The molecule has 34 heavy (non-hydrogen) atoms. The summed E-state index contributed by atoms with van der Waals surface area (Å²) in [5, 5.41) is 12.7. The van der Waals surface area contributed by atoms with E-state index >= 15 is 0 Å². The van der Waals surface area contributed by atoms with Crippen LogP contribution in [0, 0.1) is 0 Å². The second kappa shape index (κ2) is 8.11. The molecule has 1 fully saturated rings. The molecule has 0 aliphatic carbocycles. The normalized spacial score (nSPS) is 19.1. The van der Waals surface area contributed by atoms with Gasteiger partial charge in [0.05, 0.1) is 5.60 Å². The van der Waals surface area contributed by atoms with Crippen LogP contribution >= 0.6 is 11.6 Å². The lowest BCUT2D eigenvalue weighted by atomic mass is 9.85. The van der Waals surface area contributed by atoms with Crippen molar-refractivity contribution in [1.82, 2.24) is 19.9 Å². The third-order valence-electron chi connectivity index (χ3n) is 6.94. The average Bonchev–Trinajstić information content (AvgIpc) is 3.51. The summed E-state index contributed by atoms with van der Waals surface area (Å²) in [6, 6.07) is 11.3. The fraction of sp³-hybridized carbons (Fsp3) is 0.269. The fourth-order valence-electron chi connectivity index (χ4n) is 5.11. The molecular weight excluding hydrogens is 452 g/mol. The lowest BCUT2D eigenvalue weighted by Crippen LogP contribution is -2.49. The molecule has 3 aromatic heterocycles. The zero-order chi connectivity index (χ0) is 23.3. The molecule has 0 unspecified atom stereocenters. The summed E-state index contributed by atoms with van der Waals surface area (Å²) in [6.45, 7) is 0.936. The van der Waals surface area contributed by atoms with Gasteiger partial charge in [0.2, 0.25) is 0 Å². The summed E-state index contributed by atoms with van der Waals surface area (Å²) >= 11 is 6.46. The van der Waals surface area contributed by atoms with Crippen LogP contribution < -0.4 is 4.74 Å². The van der Waals surface area contributed by atoms with Crippen molar-refractivity contribution in [1.29, 1.82) is 0 Å². The summed E-state index contributed by atoms with van der Waals surface area (Å²) in [5.74, 6) is 0.637. The highest BCUT2D eigenvalue weighted by Crippen LogP contribution is 2.43. The van der Waals surface area contributed by atoms with Crippen molar-refractivity contribution < 1.29 is 14.6 Å². The molecule has 2 N–H and O–H groups in total. The smallest absolute Gasteiger partial charge is 0.263 e. The van der Waals surface area contributed by atoms with Gasteiger partial charge in [-0.1, -0.05) is 11.6 Å². The van der Waals surface area contributed by atoms with Crippen LogP contribution in [-0.2, 0) is 16.8 Å². The highest BCUT2D eigenvalue weighted by molar-refractivity contribution is 6.31. The maximum atomic E-state index is 13.4. The first-order chi connectivity index (χ1) is 16.5. The second-order valence-corrected chi connectivity index (χ2v) is 9.38. The Kier molecular flexibility index (Phi) is 5.04. The molecule has 4 aromatic rings. The number of carbonyl (C=O) groups excluding carboxylic acids is 1. The van der Waals surface area contributed by atoms with Gasteiger partial charge in [-0.2, -0.15) is 0 Å². The van der Waals surface area contributed by atoms with Gasteiger partial charge < -0.3 is 19.7 Å². The van der Waals surface area contributed by atoms with E-state index in [-0.39, 0.29) is 5.91 Å². The lowest BCUT2D eigenvalue weighted by Gasteiger charge is -2.39. The average molecular weight is 475 g/mol. The number of amides is 1. The maximum absolute atomic E-state index is 13.4. The van der Waals surface area contributed by atoms with Crippen molar-refractivity contribution in [3.8, 4) is 16.9 Å². The van der Waals surface area contributed by atoms with E-state index in [1.54, 1.807) is 23.5 Å². The topological polar surface area (TPSA) is 91.3 Å². The Morgan fingerprint density at radius 1 is 1.12 bits per heavy atom. The number of aromatic nitrogens is 3. The Labute approximate surface area is 201 Å². The van der Waals surface area contributed by atoms with Gasteiger partial charge in [0.15, 0.2) is 6.10 Å². The molecule has 0 bridgehead atoms. The molecule has 8 heteroatoms. The van der Waals surface area contributed by atoms with Crippen LogP contribution in [0.3, 0.4) is 0 Å². The van der Waals surface area contributed by atoms with Crippen molar-refractivity contribution >= 4 is 28.5 Å². The molecule has 1 saturated heterocycles. The van der Waals surface area contributed by atoms with Gasteiger partial charge in [0, 0.05) is 65.8 Å². The fourth-order valence-corrected chi connectivity index (χ4v) is 5.35. The summed E-state index contributed by atoms with van der Waals surface area (Å²) in [6.07, 6.45) is 7.77. The number of nitrogens with zero attached hydrogens (tertiary/aromatic N) is 3. The number of rotatable bonds is 3. The number of benzene rings is 1. The molecule has 1 amide bonds. The zero-order valence-electron chi connectivity index (χ0n) is 18.4. The summed E-state index contributed by atoms with van der Waals surface area (Å²) in [7, 11) is 0. The second-order valence-electron chi connectivity index (χ2n) is 8.94. The number of aromatic amines is 1. The predicted molar refractivity (Wildman–Crippen MR) is 129 cm³/mol. The molecule has 2 aliphatic heterocycles. The van der Waals surface area contributed by atoms with Gasteiger partial charge >= 0.3 is 0 Å². The third kappa shape index (κ3) is 3.52. The van der Waals surface area contributed by atoms with Crippen molar-refractivity contribution in [3.05, 3.63) is 77.3 Å². The number of aliphatic hydroxyl groups is 1. The number of H-pyrrole nitrogens is 1. The van der Waals surface area contributed by atoms with E-state index in [2.05, 4.69) is 15.0 Å². The van der Waals surface area contributed by atoms with E-state index < -0.39 is 11.7 Å². The van der Waals surface area contributed by atoms with Gasteiger partial charge in [0.25, 0.3) is 5.91 Å². The number of nitrogens with one attached hydrogen (secondary N) is 1. The van der Waals surface area contributed by atoms with Crippen molar-refractivity contribution in [2.75, 3.05) is 13.1 Å². The third-order valence-corrected chi connectivity index (χ3v) is 7.16. The van der Waals surface area contributed by atoms with Crippen LogP contribution in [0.25, 0.3) is 22.2 Å². The number of likely N-dealkylation sites (tertiary alicyclic amines) is 1. The van der Waals surface area contributed by atoms with E-state index in [9.17, 15) is 9.90 Å². The predicted octanol–water partition coefficient (Wildman–Crippen LogP) is 4.09. The van der Waals surface area contributed by atoms with Crippen molar-refractivity contribution in [2.24, 2.45) is 0 Å². The number of carbonyl (C=O) groups is 1. The van der Waals surface area contributed by atoms with E-state index in [0.717, 1.165) is 33.3 Å². The highest BCUT2D eigenvalue weighted by atomic mass is 35.5. The number of piperidine rings is 1. The Bertz CT molecular complexity index is 1380. The van der Waals surface area contributed by atoms with Gasteiger partial charge in [-0.15, -0.1) is 0 Å². The van der Waals surface area contributed by atoms with Gasteiger partial charge in [-0.3, -0.25) is 9.78 Å². The summed E-state index contributed by atoms with van der Waals surface area (Å²) in [4.78, 5) is 26.7. The number of pyridine rings is 2. The van der Waals surface area contributed by atoms with Crippen LogP contribution in [-0.4, -0.2) is 50.1 Å². The lowest BCUT2D eigenvalue weighted by molar-refractivity contribution is -0.142. The minimum absolute atomic E-state index is 0.0587. The molecule has 2 aliphatic rings. The zero-order valence-corrected chi connectivity index (χ0v) is 19.1. The molecule has 1 atom stereocenters. The summed E-state index contributed by atoms with van der Waals surface area (Å²) in [5.41, 5.74) is 3.42. The monoisotopic (exact) mass is 474 g/mol. The number of hydrogen-bond acceptors (Lipinski definition) is 5. The minimum Gasteiger partial charge on any atom is -0.479 e. The summed E-state index contributed by atoms with van der Waals surface area (Å²) < 4.78 is 6.27. The molecule has 0 saturated carbocycles. The van der Waals surface area contributed by atoms with Crippen LogP contribution in [0.5, 0.6) is 5.75 Å². The van der Waals surface area contributed by atoms with Crippen LogP contribution in [0.2, 0.25) is 5.02 Å². The van der Waals surface area contributed by atoms with Gasteiger partial charge in [-0.05, 0) is 60.4 Å². The molecular formula is C26H23ClN4O3. The first-order valence-electron chi connectivity index (χ1n) is 11.3. The van der Waals surface area contributed by atoms with Crippen molar-refractivity contribution in [2.45, 2.75) is 31.0 Å². The molecule has 1 aromatic carbocycles. The van der Waals surface area contributed by atoms with Crippen molar-refractivity contribution in [3.63, 3.8) is 0 Å². The van der Waals surface area contributed by atoms with E-state index in [1.807, 2.05) is 42.6 Å². The first kappa shape index (κ1) is 21.1. The van der Waals surface area contributed by atoms with Crippen LogP contribution in [0.4, 0.5) is 0 Å². The molecule has 0 spiro atoms. The van der Waals surface area contributed by atoms with E-state index in [4.69, 9.17) is 16.3 Å². The molecule has 172 valence electrons. The number of fused-ring (bicyclic) bond motifs is 2. The molecule has 0 radical (unpaired) electrons. The van der Waals surface area contributed by atoms with Crippen LogP contribution in [0.15, 0.2) is 61.2 Å². The Balaban J connectivity index is 1.23. The largest absolute Gasteiger partial charge is 0.479 e. The molecule has 5 heterocycles. The van der Waals surface area contributed by atoms with Gasteiger partial charge in [0.1, 0.15) is 11.4 Å². The quantitative estimate of drug-likeness (QED) is 0.466. The van der Waals surface area contributed by atoms with E-state index in [1.165, 1.54) is 0 Å². The molecule has 6 rings (SSSR count). The maximum Gasteiger partial charge on any atom is 0.263 e. The van der Waals surface area contributed by atoms with E-state index in [0.29, 0.717) is 43.1 Å². The van der Waals surface area contributed by atoms with Gasteiger partial charge in [-0.25, -0.2) is 4.98 Å². The minimum atomic E-state index is -0.941. The molecule has 7 nitrogen and oxygen atoms in total. The number of halogens is 1. The standard InChI is InChI=1S/C26H23ClN4O3/c27-18-13-16-14-22(25(32)31-11-5-26(33,6-12-31)17-1-7-28-8-2-17)34-23(16)21(15-18)19-3-9-29-24-20(19)4-10-30-24/h1-4,7-10,13,15,22,33H,5-6,11-12,14H2,(H,29,30)/t22-/m1/s1.